The van der Waals surface area contributed by atoms with Crippen molar-refractivity contribution in [1.29, 1.82) is 0 Å². The number of rotatable bonds is 8. The van der Waals surface area contributed by atoms with Gasteiger partial charge in [-0.15, -0.1) is 11.8 Å². The maximum absolute atomic E-state index is 13.5. The number of nitrogens with one attached hydrogen (secondary N) is 1. The van der Waals surface area contributed by atoms with Gasteiger partial charge in [0.05, 0.1) is 9.90 Å². The Morgan fingerprint density at radius 3 is 2.88 bits per heavy atom. The average molecular weight is 388 g/mol. The van der Waals surface area contributed by atoms with Crippen molar-refractivity contribution in [2.24, 2.45) is 0 Å². The predicted molar refractivity (Wildman–Crippen MR) is 106 cm³/mol. The number of carbonyl (C=O) groups is 1. The van der Waals surface area contributed by atoms with Crippen LogP contribution >= 0.6 is 23.1 Å². The first-order chi connectivity index (χ1) is 12.6. The molecule has 4 nitrogen and oxygen atoms in total. The summed E-state index contributed by atoms with van der Waals surface area (Å²) in [5, 5.41) is 3.35. The van der Waals surface area contributed by atoms with Crippen LogP contribution in [-0.4, -0.2) is 21.6 Å². The van der Waals surface area contributed by atoms with Gasteiger partial charge in [0, 0.05) is 17.9 Å². The number of aromatic nitrogens is 2. The fraction of sp³-hybridized carbons (Fsp3) is 0.211. The second-order valence-corrected chi connectivity index (χ2v) is 8.00. The number of amides is 1. The van der Waals surface area contributed by atoms with Crippen LogP contribution in [0, 0.1) is 0 Å². The lowest BCUT2D eigenvalue weighted by Gasteiger charge is -2.03. The van der Waals surface area contributed by atoms with Crippen LogP contribution in [0.15, 0.2) is 65.3 Å². The van der Waals surface area contributed by atoms with Gasteiger partial charge in [0.2, 0.25) is 0 Å². The molecule has 1 saturated carbocycles. The number of halogens is 1. The molecule has 0 bridgehead atoms. The molecule has 0 saturated heterocycles. The fourth-order valence-electron chi connectivity index (χ4n) is 2.25. The highest BCUT2D eigenvalue weighted by atomic mass is 32.2. The molecule has 1 N–H and O–H groups in total. The summed E-state index contributed by atoms with van der Waals surface area (Å²) in [5.74, 6) is 0.118. The Balaban J connectivity index is 1.74. The summed E-state index contributed by atoms with van der Waals surface area (Å²) >= 11 is 2.92. The molecule has 0 unspecified atom stereocenters. The summed E-state index contributed by atoms with van der Waals surface area (Å²) < 4.78 is 14.5. The van der Waals surface area contributed by atoms with E-state index in [1.165, 1.54) is 23.1 Å². The van der Waals surface area contributed by atoms with E-state index in [0.717, 1.165) is 22.7 Å². The summed E-state index contributed by atoms with van der Waals surface area (Å²) in [7, 11) is 0. The lowest BCUT2D eigenvalue weighted by molar-refractivity contribution is 0.102. The summed E-state index contributed by atoms with van der Waals surface area (Å²) in [6.45, 7) is 6.96. The first-order valence-electron chi connectivity index (χ1n) is 8.10. The maximum atomic E-state index is 13.5. The number of nitrogens with zero attached hydrogens (tertiary/aromatic N) is 2. The third kappa shape index (κ3) is 4.68. The second-order valence-electron chi connectivity index (χ2n) is 5.76. The van der Waals surface area contributed by atoms with E-state index in [1.54, 1.807) is 36.5 Å². The van der Waals surface area contributed by atoms with Crippen LogP contribution in [0.2, 0.25) is 0 Å². The third-order valence-electron chi connectivity index (χ3n) is 3.73. The number of carbonyl (C=O) groups excluding carboxylic acids is 1. The molecule has 1 fully saturated rings. The molecular weight excluding hydrogens is 369 g/mol. The molecule has 1 amide bonds. The molecule has 26 heavy (non-hydrogen) atoms. The molecule has 7 heteroatoms. The number of hydrogen-bond donors (Lipinski definition) is 1. The van der Waals surface area contributed by atoms with Gasteiger partial charge >= 0.3 is 0 Å². The van der Waals surface area contributed by atoms with E-state index in [4.69, 9.17) is 0 Å². The molecule has 134 valence electrons. The van der Waals surface area contributed by atoms with Gasteiger partial charge in [-0.25, -0.2) is 9.37 Å². The Bertz CT molecular complexity index is 857. The van der Waals surface area contributed by atoms with E-state index < -0.39 is 5.83 Å². The van der Waals surface area contributed by atoms with Gasteiger partial charge in [0.15, 0.2) is 5.13 Å². The number of thiazole rings is 1. The summed E-state index contributed by atoms with van der Waals surface area (Å²) in [6, 6.07) is 5.17. The van der Waals surface area contributed by atoms with Gasteiger partial charge in [-0.2, -0.15) is 0 Å². The van der Waals surface area contributed by atoms with Crippen LogP contribution < -0.4 is 5.32 Å². The number of pyridine rings is 1. The number of thioether (sulfide) groups is 1. The van der Waals surface area contributed by atoms with Crippen molar-refractivity contribution in [2.45, 2.75) is 23.0 Å². The van der Waals surface area contributed by atoms with Crippen molar-refractivity contribution < 1.29 is 9.18 Å². The molecule has 0 spiro atoms. The minimum absolute atomic E-state index is 0.289. The first kappa shape index (κ1) is 18.5. The Morgan fingerprint density at radius 2 is 2.27 bits per heavy atom. The molecular formula is C19H18FN3OS2. The Morgan fingerprint density at radius 1 is 1.46 bits per heavy atom. The quantitative estimate of drug-likeness (QED) is 0.490. The second kappa shape index (κ2) is 8.42. The molecule has 1 aliphatic rings. The van der Waals surface area contributed by atoms with Crippen LogP contribution in [0.1, 0.15) is 34.9 Å². The lowest BCUT2D eigenvalue weighted by Crippen LogP contribution is -2.13. The van der Waals surface area contributed by atoms with Crippen molar-refractivity contribution in [3.63, 3.8) is 0 Å². The number of hydrogen-bond acceptors (Lipinski definition) is 5. The highest BCUT2D eigenvalue weighted by molar-refractivity contribution is 8.01. The molecule has 0 atom stereocenters. The van der Waals surface area contributed by atoms with Crippen molar-refractivity contribution in [3.05, 3.63) is 72.5 Å². The molecule has 1 aliphatic carbocycles. The van der Waals surface area contributed by atoms with Gasteiger partial charge in [-0.05, 0) is 30.5 Å². The average Bonchev–Trinajstić information content (AvgIpc) is 3.41. The maximum Gasteiger partial charge on any atom is 0.276 e. The summed E-state index contributed by atoms with van der Waals surface area (Å²) in [6.07, 6.45) is 6.93. The minimum Gasteiger partial charge on any atom is -0.296 e. The Hall–Kier alpha value is -2.25. The normalized spacial score (nSPS) is 14.1. The Labute approximate surface area is 160 Å². The largest absolute Gasteiger partial charge is 0.296 e. The third-order valence-corrected chi connectivity index (χ3v) is 6.04. The Kier molecular flexibility index (Phi) is 6.00. The zero-order valence-corrected chi connectivity index (χ0v) is 15.7. The topological polar surface area (TPSA) is 54.9 Å². The lowest BCUT2D eigenvalue weighted by atomic mass is 10.2. The van der Waals surface area contributed by atoms with Gasteiger partial charge in [-0.3, -0.25) is 15.1 Å². The van der Waals surface area contributed by atoms with Crippen LogP contribution in [-0.2, 0) is 0 Å². The van der Waals surface area contributed by atoms with Crippen LogP contribution in [0.5, 0.6) is 0 Å². The van der Waals surface area contributed by atoms with Gasteiger partial charge in [0.25, 0.3) is 5.91 Å². The van der Waals surface area contributed by atoms with E-state index in [0.29, 0.717) is 28.1 Å². The smallest absolute Gasteiger partial charge is 0.276 e. The van der Waals surface area contributed by atoms with Gasteiger partial charge < -0.3 is 0 Å². The van der Waals surface area contributed by atoms with Crippen molar-refractivity contribution in [2.75, 3.05) is 11.1 Å². The number of anilines is 1. The van der Waals surface area contributed by atoms with E-state index in [-0.39, 0.29) is 5.91 Å². The molecule has 0 aromatic carbocycles. The molecule has 0 aliphatic heterocycles. The monoisotopic (exact) mass is 387 g/mol. The molecule has 0 radical (unpaired) electrons. The van der Waals surface area contributed by atoms with E-state index in [9.17, 15) is 9.18 Å². The standard InChI is InChI=1S/C19H18FN3OS2/c1-3-6-14(12(2)20)11-25-18-16(13-8-9-13)22-19(26-18)23-17(24)15-7-4-5-10-21-15/h3-7,10,13H,1-2,8-9,11H2,(H,22,23,24)/b14-6-. The van der Waals surface area contributed by atoms with E-state index in [1.807, 2.05) is 0 Å². The summed E-state index contributed by atoms with van der Waals surface area (Å²) in [4.78, 5) is 20.9. The molecule has 3 rings (SSSR count). The zero-order chi connectivity index (χ0) is 18.5. The van der Waals surface area contributed by atoms with Crippen molar-refractivity contribution in [1.82, 2.24) is 9.97 Å². The molecule has 2 aromatic heterocycles. The van der Waals surface area contributed by atoms with E-state index >= 15 is 0 Å². The van der Waals surface area contributed by atoms with Crippen LogP contribution in [0.3, 0.4) is 0 Å². The highest BCUT2D eigenvalue weighted by Crippen LogP contribution is 2.47. The van der Waals surface area contributed by atoms with Gasteiger partial charge in [-0.1, -0.05) is 42.7 Å². The van der Waals surface area contributed by atoms with Crippen molar-refractivity contribution >= 4 is 34.1 Å². The highest BCUT2D eigenvalue weighted by Gasteiger charge is 2.30. The zero-order valence-electron chi connectivity index (χ0n) is 14.1. The van der Waals surface area contributed by atoms with Crippen LogP contribution in [0.4, 0.5) is 9.52 Å². The summed E-state index contributed by atoms with van der Waals surface area (Å²) in [5.41, 5.74) is 1.83. The molecule has 2 aromatic rings. The number of allylic oxidation sites excluding steroid dienone is 3. The SMILES string of the molecule is C=C/C=C(/CSc1sc(NC(=O)c2ccccn2)nc1C1CC1)C(=C)F. The van der Waals surface area contributed by atoms with Gasteiger partial charge in [0.1, 0.15) is 11.5 Å². The van der Waals surface area contributed by atoms with Crippen LogP contribution in [0.25, 0.3) is 0 Å². The predicted octanol–water partition coefficient (Wildman–Crippen LogP) is 5.36. The molecule has 2 heterocycles. The van der Waals surface area contributed by atoms with E-state index in [2.05, 4.69) is 28.4 Å². The first-order valence-corrected chi connectivity index (χ1v) is 9.91. The van der Waals surface area contributed by atoms with Crippen molar-refractivity contribution in [3.8, 4) is 0 Å². The fourth-order valence-corrected chi connectivity index (χ4v) is 4.58. The minimum atomic E-state index is -0.460.